The summed E-state index contributed by atoms with van der Waals surface area (Å²) in [6.07, 6.45) is 1.02. The number of methoxy groups -OCH3 is 1. The Morgan fingerprint density at radius 1 is 1.03 bits per heavy atom. The van der Waals surface area contributed by atoms with Gasteiger partial charge in [0.1, 0.15) is 11.3 Å². The van der Waals surface area contributed by atoms with Crippen molar-refractivity contribution in [3.05, 3.63) is 52.7 Å². The summed E-state index contributed by atoms with van der Waals surface area (Å²) in [5.74, 6) is 1.48. The van der Waals surface area contributed by atoms with E-state index in [4.69, 9.17) is 13.8 Å². The third-order valence-electron chi connectivity index (χ3n) is 5.58. The van der Waals surface area contributed by atoms with Crippen molar-refractivity contribution in [1.82, 2.24) is 25.1 Å². The summed E-state index contributed by atoms with van der Waals surface area (Å²) in [4.78, 5) is 21.3. The van der Waals surface area contributed by atoms with Crippen molar-refractivity contribution in [3.8, 4) is 11.5 Å². The standard InChI is InChI=1S/C22H27N5O4/c1-15-20(16(2)30-24-15)21-23-19(25-31-21)14-27-10-6-9-26(11-12-27)13-17-7-4-5-8-18(17)22(28)29-3/h4-5,7-8H,6,9-14H2,1-3H3. The van der Waals surface area contributed by atoms with Gasteiger partial charge in [0, 0.05) is 19.6 Å². The average molecular weight is 425 g/mol. The van der Waals surface area contributed by atoms with Crippen LogP contribution >= 0.6 is 0 Å². The first-order valence-corrected chi connectivity index (χ1v) is 10.4. The Morgan fingerprint density at radius 2 is 1.77 bits per heavy atom. The normalized spacial score (nSPS) is 15.7. The van der Waals surface area contributed by atoms with Gasteiger partial charge in [0.2, 0.25) is 0 Å². The number of benzene rings is 1. The molecule has 0 radical (unpaired) electrons. The van der Waals surface area contributed by atoms with Crippen LogP contribution in [0.25, 0.3) is 11.5 Å². The van der Waals surface area contributed by atoms with Gasteiger partial charge in [-0.05, 0) is 45.0 Å². The van der Waals surface area contributed by atoms with Crippen molar-refractivity contribution in [2.45, 2.75) is 33.4 Å². The molecule has 1 fully saturated rings. The zero-order valence-corrected chi connectivity index (χ0v) is 18.1. The van der Waals surface area contributed by atoms with Crippen molar-refractivity contribution in [1.29, 1.82) is 0 Å². The number of hydrogen-bond acceptors (Lipinski definition) is 9. The van der Waals surface area contributed by atoms with Crippen molar-refractivity contribution in [2.24, 2.45) is 0 Å². The van der Waals surface area contributed by atoms with Gasteiger partial charge in [0.05, 0.1) is 24.9 Å². The molecule has 9 heteroatoms. The number of esters is 1. The minimum absolute atomic E-state index is 0.293. The summed E-state index contributed by atoms with van der Waals surface area (Å²) in [5.41, 5.74) is 3.13. The Bertz CT molecular complexity index is 1020. The van der Waals surface area contributed by atoms with Crippen molar-refractivity contribution in [2.75, 3.05) is 33.3 Å². The van der Waals surface area contributed by atoms with E-state index in [1.807, 2.05) is 38.1 Å². The number of ether oxygens (including phenoxy) is 1. The molecular weight excluding hydrogens is 398 g/mol. The lowest BCUT2D eigenvalue weighted by Gasteiger charge is -2.22. The van der Waals surface area contributed by atoms with Crippen LogP contribution in [0.1, 0.15) is 39.6 Å². The highest BCUT2D eigenvalue weighted by Crippen LogP contribution is 2.25. The Labute approximate surface area is 180 Å². The van der Waals surface area contributed by atoms with Crippen LogP contribution in [-0.4, -0.2) is 64.4 Å². The highest BCUT2D eigenvalue weighted by atomic mass is 16.5. The van der Waals surface area contributed by atoms with Crippen molar-refractivity contribution < 1.29 is 18.6 Å². The summed E-state index contributed by atoms with van der Waals surface area (Å²) in [6.45, 7) is 8.72. The van der Waals surface area contributed by atoms with Gasteiger partial charge in [-0.15, -0.1) is 0 Å². The summed E-state index contributed by atoms with van der Waals surface area (Å²) in [5, 5.41) is 8.09. The first-order valence-electron chi connectivity index (χ1n) is 10.4. The second-order valence-electron chi connectivity index (χ2n) is 7.77. The fourth-order valence-corrected chi connectivity index (χ4v) is 3.96. The molecule has 4 rings (SSSR count). The smallest absolute Gasteiger partial charge is 0.338 e. The predicted molar refractivity (Wildman–Crippen MR) is 112 cm³/mol. The lowest BCUT2D eigenvalue weighted by Crippen LogP contribution is -2.31. The monoisotopic (exact) mass is 425 g/mol. The van der Waals surface area contributed by atoms with Crippen LogP contribution in [-0.2, 0) is 17.8 Å². The van der Waals surface area contributed by atoms with Crippen LogP contribution in [0, 0.1) is 13.8 Å². The van der Waals surface area contributed by atoms with E-state index in [0.29, 0.717) is 29.6 Å². The minimum atomic E-state index is -0.293. The second kappa shape index (κ2) is 9.40. The van der Waals surface area contributed by atoms with Crippen LogP contribution in [0.3, 0.4) is 0 Å². The highest BCUT2D eigenvalue weighted by Gasteiger charge is 2.22. The van der Waals surface area contributed by atoms with Gasteiger partial charge in [-0.3, -0.25) is 9.80 Å². The molecule has 3 aromatic rings. The molecule has 0 saturated carbocycles. The number of nitrogens with zero attached hydrogens (tertiary/aromatic N) is 5. The topological polar surface area (TPSA) is 97.7 Å². The van der Waals surface area contributed by atoms with Gasteiger partial charge >= 0.3 is 5.97 Å². The van der Waals surface area contributed by atoms with E-state index >= 15 is 0 Å². The van der Waals surface area contributed by atoms with Crippen LogP contribution < -0.4 is 0 Å². The number of aromatic nitrogens is 3. The first kappa shape index (κ1) is 21.2. The molecule has 31 heavy (non-hydrogen) atoms. The maximum Gasteiger partial charge on any atom is 0.338 e. The first-order chi connectivity index (χ1) is 15.0. The van der Waals surface area contributed by atoms with Crippen LogP contribution in [0.15, 0.2) is 33.3 Å². The van der Waals surface area contributed by atoms with Gasteiger partial charge in [-0.25, -0.2) is 4.79 Å². The number of carbonyl (C=O) groups is 1. The SMILES string of the molecule is COC(=O)c1ccccc1CN1CCCN(Cc2noc(-c3c(C)noc3C)n2)CC1. The van der Waals surface area contributed by atoms with Gasteiger partial charge in [-0.1, -0.05) is 28.5 Å². The lowest BCUT2D eigenvalue weighted by molar-refractivity contribution is 0.0598. The van der Waals surface area contributed by atoms with E-state index in [-0.39, 0.29) is 5.97 Å². The molecule has 164 valence electrons. The molecule has 1 saturated heterocycles. The lowest BCUT2D eigenvalue weighted by atomic mass is 10.1. The van der Waals surface area contributed by atoms with Gasteiger partial charge in [0.25, 0.3) is 5.89 Å². The molecule has 0 spiro atoms. The van der Waals surface area contributed by atoms with E-state index in [1.165, 1.54) is 7.11 Å². The molecule has 0 amide bonds. The molecular formula is C22H27N5O4. The van der Waals surface area contributed by atoms with E-state index in [2.05, 4.69) is 25.1 Å². The third-order valence-corrected chi connectivity index (χ3v) is 5.58. The quantitative estimate of drug-likeness (QED) is 0.552. The Hall–Kier alpha value is -3.04. The van der Waals surface area contributed by atoms with Gasteiger partial charge < -0.3 is 13.8 Å². The molecule has 0 bridgehead atoms. The predicted octanol–water partition coefficient (Wildman–Crippen LogP) is 2.84. The molecule has 3 heterocycles. The Kier molecular flexibility index (Phi) is 6.43. The molecule has 1 aliphatic heterocycles. The summed E-state index contributed by atoms with van der Waals surface area (Å²) >= 11 is 0. The largest absolute Gasteiger partial charge is 0.465 e. The van der Waals surface area contributed by atoms with E-state index in [9.17, 15) is 4.79 Å². The van der Waals surface area contributed by atoms with Gasteiger partial charge in [-0.2, -0.15) is 4.98 Å². The Balaban J connectivity index is 1.37. The second-order valence-corrected chi connectivity index (χ2v) is 7.77. The molecule has 0 atom stereocenters. The summed E-state index contributed by atoms with van der Waals surface area (Å²) < 4.78 is 15.6. The van der Waals surface area contributed by atoms with E-state index < -0.39 is 0 Å². The molecule has 2 aromatic heterocycles. The summed E-state index contributed by atoms with van der Waals surface area (Å²) in [7, 11) is 1.41. The number of rotatable bonds is 6. The van der Waals surface area contributed by atoms with Crippen LogP contribution in [0.2, 0.25) is 0 Å². The highest BCUT2D eigenvalue weighted by molar-refractivity contribution is 5.90. The Morgan fingerprint density at radius 3 is 2.48 bits per heavy atom. The van der Waals surface area contributed by atoms with E-state index in [1.54, 1.807) is 0 Å². The molecule has 0 N–H and O–H groups in total. The van der Waals surface area contributed by atoms with Crippen LogP contribution in [0.4, 0.5) is 0 Å². The molecule has 0 aliphatic carbocycles. The average Bonchev–Trinajstić information content (AvgIpc) is 3.28. The molecule has 0 unspecified atom stereocenters. The third kappa shape index (κ3) is 4.83. The maximum atomic E-state index is 12.0. The van der Waals surface area contributed by atoms with Gasteiger partial charge in [0.15, 0.2) is 5.82 Å². The van der Waals surface area contributed by atoms with Crippen LogP contribution in [0.5, 0.6) is 0 Å². The summed E-state index contributed by atoms with van der Waals surface area (Å²) in [6, 6.07) is 7.63. The molecule has 9 nitrogen and oxygen atoms in total. The minimum Gasteiger partial charge on any atom is -0.465 e. The number of hydrogen-bond donors (Lipinski definition) is 0. The number of aryl methyl sites for hydroxylation is 2. The van der Waals surface area contributed by atoms with E-state index in [0.717, 1.165) is 56.0 Å². The van der Waals surface area contributed by atoms with Crippen molar-refractivity contribution in [3.63, 3.8) is 0 Å². The molecule has 1 aliphatic rings. The fourth-order valence-electron chi connectivity index (χ4n) is 3.96. The fraction of sp³-hybridized carbons (Fsp3) is 0.455. The number of carbonyl (C=O) groups excluding carboxylic acids is 1. The van der Waals surface area contributed by atoms with Crippen molar-refractivity contribution >= 4 is 5.97 Å². The zero-order valence-electron chi connectivity index (χ0n) is 18.1. The maximum absolute atomic E-state index is 12.0. The zero-order chi connectivity index (χ0) is 21.8. The molecule has 1 aromatic carbocycles.